The van der Waals surface area contributed by atoms with E-state index in [2.05, 4.69) is 36.9 Å². The minimum Gasteiger partial charge on any atom is -0.378 e. The van der Waals surface area contributed by atoms with E-state index in [-0.39, 0.29) is 23.5 Å². The van der Waals surface area contributed by atoms with Gasteiger partial charge in [0.1, 0.15) is 5.82 Å². The van der Waals surface area contributed by atoms with Crippen LogP contribution in [0.4, 0.5) is 0 Å². The normalized spacial score (nSPS) is 23.5. The van der Waals surface area contributed by atoms with Crippen LogP contribution in [-0.4, -0.2) is 47.4 Å². The molecule has 2 atom stereocenters. The summed E-state index contributed by atoms with van der Waals surface area (Å²) in [5, 5.41) is 3.14. The zero-order valence-electron chi connectivity index (χ0n) is 15.7. The van der Waals surface area contributed by atoms with Crippen molar-refractivity contribution >= 4 is 5.91 Å². The molecule has 1 N–H and O–H groups in total. The third-order valence-electron chi connectivity index (χ3n) is 4.93. The molecule has 3 rings (SSSR count). The number of hydrogen-bond donors (Lipinski definition) is 1. The van der Waals surface area contributed by atoms with Crippen molar-refractivity contribution in [1.29, 1.82) is 0 Å². The summed E-state index contributed by atoms with van der Waals surface area (Å²) in [4.78, 5) is 16.9. The van der Waals surface area contributed by atoms with Gasteiger partial charge in [0.15, 0.2) is 0 Å². The standard InChI is InChI=1S/C19H31N3O3/c1-19(2,3)16-12-22-11-14(6-7-17(22)21-16)20-18(23)8-10-24-13-15-5-4-9-25-15/h12,14-15H,4-11,13H2,1-3H3,(H,20,23). The molecule has 6 heteroatoms. The summed E-state index contributed by atoms with van der Waals surface area (Å²) < 4.78 is 13.3. The van der Waals surface area contributed by atoms with Gasteiger partial charge in [-0.25, -0.2) is 4.98 Å². The highest BCUT2D eigenvalue weighted by Crippen LogP contribution is 2.24. The van der Waals surface area contributed by atoms with Crippen molar-refractivity contribution in [3.63, 3.8) is 0 Å². The number of amides is 1. The molecule has 1 amide bonds. The predicted molar refractivity (Wildman–Crippen MR) is 95.6 cm³/mol. The van der Waals surface area contributed by atoms with Crippen LogP contribution in [0.3, 0.4) is 0 Å². The van der Waals surface area contributed by atoms with E-state index in [0.717, 1.165) is 50.4 Å². The maximum absolute atomic E-state index is 12.1. The van der Waals surface area contributed by atoms with Crippen LogP contribution < -0.4 is 5.32 Å². The first-order valence-corrected chi connectivity index (χ1v) is 9.47. The summed E-state index contributed by atoms with van der Waals surface area (Å²) in [6.07, 6.45) is 6.81. The van der Waals surface area contributed by atoms with Crippen LogP contribution >= 0.6 is 0 Å². The van der Waals surface area contributed by atoms with Gasteiger partial charge in [-0.2, -0.15) is 0 Å². The molecule has 1 aromatic rings. The molecule has 2 aliphatic heterocycles. The van der Waals surface area contributed by atoms with E-state index in [9.17, 15) is 4.79 Å². The number of rotatable bonds is 6. The summed E-state index contributed by atoms with van der Waals surface area (Å²) in [6.45, 7) is 9.24. The Kier molecular flexibility index (Phi) is 5.79. The minimum atomic E-state index is 0.0590. The molecule has 6 nitrogen and oxygen atoms in total. The molecule has 1 fully saturated rings. The van der Waals surface area contributed by atoms with Crippen molar-refractivity contribution in [2.24, 2.45) is 0 Å². The Bertz CT molecular complexity index is 585. The Morgan fingerprint density at radius 3 is 3.00 bits per heavy atom. The van der Waals surface area contributed by atoms with Crippen LogP contribution in [0.2, 0.25) is 0 Å². The Morgan fingerprint density at radius 2 is 2.28 bits per heavy atom. The second-order valence-corrected chi connectivity index (χ2v) is 8.21. The number of aromatic nitrogens is 2. The van der Waals surface area contributed by atoms with E-state index < -0.39 is 0 Å². The molecular formula is C19H31N3O3. The number of imidazole rings is 1. The minimum absolute atomic E-state index is 0.0590. The van der Waals surface area contributed by atoms with E-state index in [1.165, 1.54) is 0 Å². The Morgan fingerprint density at radius 1 is 1.44 bits per heavy atom. The molecule has 25 heavy (non-hydrogen) atoms. The number of aryl methyl sites for hydroxylation is 1. The highest BCUT2D eigenvalue weighted by molar-refractivity contribution is 5.76. The molecule has 0 aromatic carbocycles. The van der Waals surface area contributed by atoms with Crippen molar-refractivity contribution in [3.05, 3.63) is 17.7 Å². The molecule has 0 bridgehead atoms. The first-order chi connectivity index (χ1) is 11.9. The van der Waals surface area contributed by atoms with Gasteiger partial charge in [-0.05, 0) is 19.3 Å². The van der Waals surface area contributed by atoms with Gasteiger partial charge in [-0.3, -0.25) is 4.79 Å². The second-order valence-electron chi connectivity index (χ2n) is 8.21. The van der Waals surface area contributed by atoms with Crippen LogP contribution in [0.5, 0.6) is 0 Å². The first kappa shape index (κ1) is 18.4. The number of carbonyl (C=O) groups is 1. The zero-order valence-corrected chi connectivity index (χ0v) is 15.7. The largest absolute Gasteiger partial charge is 0.378 e. The Balaban J connectivity index is 1.40. The van der Waals surface area contributed by atoms with Crippen LogP contribution in [0.25, 0.3) is 0 Å². The van der Waals surface area contributed by atoms with Gasteiger partial charge < -0.3 is 19.4 Å². The van der Waals surface area contributed by atoms with E-state index in [1.54, 1.807) is 0 Å². The van der Waals surface area contributed by atoms with Gasteiger partial charge in [0, 0.05) is 43.6 Å². The van der Waals surface area contributed by atoms with E-state index in [1.807, 2.05) is 0 Å². The lowest BCUT2D eigenvalue weighted by molar-refractivity contribution is -0.123. The highest BCUT2D eigenvalue weighted by atomic mass is 16.5. The van der Waals surface area contributed by atoms with Gasteiger partial charge in [-0.1, -0.05) is 20.8 Å². The van der Waals surface area contributed by atoms with Crippen LogP contribution in [-0.2, 0) is 32.6 Å². The van der Waals surface area contributed by atoms with E-state index in [0.29, 0.717) is 19.6 Å². The number of ether oxygens (including phenoxy) is 2. The molecule has 2 unspecified atom stereocenters. The number of nitrogens with zero attached hydrogens (tertiary/aromatic N) is 2. The van der Waals surface area contributed by atoms with Gasteiger partial charge in [0.2, 0.25) is 5.91 Å². The molecule has 140 valence electrons. The number of hydrogen-bond acceptors (Lipinski definition) is 4. The SMILES string of the molecule is CC(C)(C)c1cn2c(n1)CCC(NC(=O)CCOCC1CCCO1)C2. The maximum Gasteiger partial charge on any atom is 0.222 e. The number of carbonyl (C=O) groups excluding carboxylic acids is 1. The number of fused-ring (bicyclic) bond motifs is 1. The van der Waals surface area contributed by atoms with Gasteiger partial charge >= 0.3 is 0 Å². The van der Waals surface area contributed by atoms with Crippen molar-refractivity contribution < 1.29 is 14.3 Å². The molecule has 0 radical (unpaired) electrons. The van der Waals surface area contributed by atoms with Gasteiger partial charge in [-0.15, -0.1) is 0 Å². The fourth-order valence-electron chi connectivity index (χ4n) is 3.38. The van der Waals surface area contributed by atoms with Crippen molar-refractivity contribution in [2.75, 3.05) is 19.8 Å². The van der Waals surface area contributed by atoms with Crippen LogP contribution in [0, 0.1) is 0 Å². The lowest BCUT2D eigenvalue weighted by Crippen LogP contribution is -2.41. The van der Waals surface area contributed by atoms with E-state index >= 15 is 0 Å². The molecule has 1 saturated heterocycles. The predicted octanol–water partition coefficient (Wildman–Crippen LogP) is 2.20. The third kappa shape index (κ3) is 5.05. The lowest BCUT2D eigenvalue weighted by Gasteiger charge is -2.24. The maximum atomic E-state index is 12.1. The molecule has 0 spiro atoms. The lowest BCUT2D eigenvalue weighted by atomic mass is 9.93. The highest BCUT2D eigenvalue weighted by Gasteiger charge is 2.25. The first-order valence-electron chi connectivity index (χ1n) is 9.47. The molecule has 0 saturated carbocycles. The molecule has 3 heterocycles. The summed E-state index contributed by atoms with van der Waals surface area (Å²) in [7, 11) is 0. The fraction of sp³-hybridized carbons (Fsp3) is 0.789. The topological polar surface area (TPSA) is 65.4 Å². The van der Waals surface area contributed by atoms with E-state index in [4.69, 9.17) is 14.5 Å². The van der Waals surface area contributed by atoms with Crippen LogP contribution in [0.15, 0.2) is 6.20 Å². The monoisotopic (exact) mass is 349 g/mol. The zero-order chi connectivity index (χ0) is 17.9. The summed E-state index contributed by atoms with van der Waals surface area (Å²) in [5.41, 5.74) is 1.18. The Labute approximate surface area is 150 Å². The Hall–Kier alpha value is -1.40. The molecular weight excluding hydrogens is 318 g/mol. The summed E-state index contributed by atoms with van der Waals surface area (Å²) >= 11 is 0. The van der Waals surface area contributed by atoms with Crippen molar-refractivity contribution in [2.45, 2.75) is 77.0 Å². The summed E-state index contributed by atoms with van der Waals surface area (Å²) in [6, 6.07) is 0.181. The van der Waals surface area contributed by atoms with Crippen LogP contribution in [0.1, 0.15) is 58.0 Å². The number of nitrogens with one attached hydrogen (secondary N) is 1. The second kappa shape index (κ2) is 7.87. The van der Waals surface area contributed by atoms with Gasteiger partial charge in [0.05, 0.1) is 25.0 Å². The van der Waals surface area contributed by atoms with Crippen molar-refractivity contribution in [1.82, 2.24) is 14.9 Å². The molecule has 0 aliphatic carbocycles. The summed E-state index contributed by atoms with van der Waals surface area (Å²) in [5.74, 6) is 1.20. The smallest absolute Gasteiger partial charge is 0.222 e. The average Bonchev–Trinajstić information content (AvgIpc) is 3.20. The third-order valence-corrected chi connectivity index (χ3v) is 4.93. The quantitative estimate of drug-likeness (QED) is 0.800. The molecule has 2 aliphatic rings. The molecule has 1 aromatic heterocycles. The average molecular weight is 349 g/mol. The van der Waals surface area contributed by atoms with Gasteiger partial charge in [0.25, 0.3) is 0 Å². The van der Waals surface area contributed by atoms with Crippen molar-refractivity contribution in [3.8, 4) is 0 Å². The fourth-order valence-corrected chi connectivity index (χ4v) is 3.38.